The molecule has 0 unspecified atom stereocenters. The Labute approximate surface area is 160 Å². The van der Waals surface area contributed by atoms with Crippen LogP contribution in [0.3, 0.4) is 0 Å². The van der Waals surface area contributed by atoms with Gasteiger partial charge in [0.25, 0.3) is 5.91 Å². The topological polar surface area (TPSA) is 75.7 Å². The molecule has 1 aliphatic rings. The van der Waals surface area contributed by atoms with Gasteiger partial charge in [-0.25, -0.2) is 13.1 Å². The first-order chi connectivity index (χ1) is 13.0. The SMILES string of the molecule is COc1ccc(C(=O)N2CCCCC2)cc1S(=O)(=O)NCc1ccccc1. The van der Waals surface area contributed by atoms with E-state index in [1.165, 1.54) is 19.2 Å². The fourth-order valence-corrected chi connectivity index (χ4v) is 4.36. The molecule has 0 atom stereocenters. The smallest absolute Gasteiger partial charge is 0.253 e. The standard InChI is InChI=1S/C20H24N2O4S/c1-26-18-11-10-17(20(23)22-12-6-3-7-13-22)14-19(18)27(24,25)21-15-16-8-4-2-5-9-16/h2,4-5,8-11,14,21H,3,6-7,12-13,15H2,1H3. The minimum absolute atomic E-state index is 0.0243. The van der Waals surface area contributed by atoms with Gasteiger partial charge in [-0.1, -0.05) is 30.3 Å². The first kappa shape index (κ1) is 19.4. The lowest BCUT2D eigenvalue weighted by Crippen LogP contribution is -2.35. The third kappa shape index (κ3) is 4.67. The zero-order chi connectivity index (χ0) is 19.3. The molecule has 1 heterocycles. The summed E-state index contributed by atoms with van der Waals surface area (Å²) >= 11 is 0. The summed E-state index contributed by atoms with van der Waals surface area (Å²) in [7, 11) is -2.42. The van der Waals surface area contributed by atoms with Crippen LogP contribution in [0.15, 0.2) is 53.4 Å². The van der Waals surface area contributed by atoms with Gasteiger partial charge in [0.15, 0.2) is 0 Å². The number of amides is 1. The molecule has 0 spiro atoms. The summed E-state index contributed by atoms with van der Waals surface area (Å²) in [5, 5.41) is 0. The number of carbonyl (C=O) groups excluding carboxylic acids is 1. The van der Waals surface area contributed by atoms with Gasteiger partial charge in [-0.3, -0.25) is 4.79 Å². The highest BCUT2D eigenvalue weighted by atomic mass is 32.2. The molecule has 0 bridgehead atoms. The van der Waals surface area contributed by atoms with Crippen LogP contribution in [0.25, 0.3) is 0 Å². The lowest BCUT2D eigenvalue weighted by Gasteiger charge is -2.27. The normalized spacial score (nSPS) is 14.8. The highest BCUT2D eigenvalue weighted by molar-refractivity contribution is 7.89. The van der Waals surface area contributed by atoms with Crippen LogP contribution in [0, 0.1) is 0 Å². The van der Waals surface area contributed by atoms with Crippen LogP contribution in [0.2, 0.25) is 0 Å². The third-order valence-corrected chi connectivity index (χ3v) is 6.07. The number of rotatable bonds is 6. The van der Waals surface area contributed by atoms with Gasteiger partial charge < -0.3 is 9.64 Å². The number of nitrogens with one attached hydrogen (secondary N) is 1. The van der Waals surface area contributed by atoms with Gasteiger partial charge in [0, 0.05) is 25.2 Å². The maximum Gasteiger partial charge on any atom is 0.253 e. The highest BCUT2D eigenvalue weighted by Crippen LogP contribution is 2.26. The molecule has 1 N–H and O–H groups in total. The van der Waals surface area contributed by atoms with Gasteiger partial charge in [0.2, 0.25) is 10.0 Å². The molecular weight excluding hydrogens is 364 g/mol. The van der Waals surface area contributed by atoms with Crippen LogP contribution in [0.5, 0.6) is 5.75 Å². The Morgan fingerprint density at radius 1 is 1.07 bits per heavy atom. The van der Waals surface area contributed by atoms with E-state index < -0.39 is 10.0 Å². The summed E-state index contributed by atoms with van der Waals surface area (Å²) in [6.07, 6.45) is 3.08. The molecule has 3 rings (SSSR count). The highest BCUT2D eigenvalue weighted by Gasteiger charge is 2.24. The summed E-state index contributed by atoms with van der Waals surface area (Å²) in [4.78, 5) is 14.5. The van der Waals surface area contributed by atoms with Gasteiger partial charge in [0.1, 0.15) is 10.6 Å². The lowest BCUT2D eigenvalue weighted by atomic mass is 10.1. The Balaban J connectivity index is 1.85. The number of methoxy groups -OCH3 is 1. The number of hydrogen-bond acceptors (Lipinski definition) is 4. The van der Waals surface area contributed by atoms with Gasteiger partial charge in [-0.15, -0.1) is 0 Å². The van der Waals surface area contributed by atoms with E-state index in [1.54, 1.807) is 11.0 Å². The molecule has 1 saturated heterocycles. The van der Waals surface area contributed by atoms with E-state index in [4.69, 9.17) is 4.74 Å². The Hall–Kier alpha value is -2.38. The van der Waals surface area contributed by atoms with Crippen molar-refractivity contribution in [3.8, 4) is 5.75 Å². The molecule has 1 amide bonds. The number of ether oxygens (including phenoxy) is 1. The van der Waals surface area contributed by atoms with Crippen molar-refractivity contribution in [1.82, 2.24) is 9.62 Å². The molecule has 2 aromatic rings. The summed E-state index contributed by atoms with van der Waals surface area (Å²) < 4.78 is 33.4. The van der Waals surface area contributed by atoms with Crippen molar-refractivity contribution in [2.45, 2.75) is 30.7 Å². The Morgan fingerprint density at radius 3 is 2.44 bits per heavy atom. The van der Waals surface area contributed by atoms with Crippen molar-refractivity contribution in [3.05, 3.63) is 59.7 Å². The van der Waals surface area contributed by atoms with Crippen molar-refractivity contribution < 1.29 is 17.9 Å². The van der Waals surface area contributed by atoms with E-state index in [1.807, 2.05) is 30.3 Å². The Morgan fingerprint density at radius 2 is 1.78 bits per heavy atom. The van der Waals surface area contributed by atoms with Crippen LogP contribution in [-0.4, -0.2) is 39.4 Å². The van der Waals surface area contributed by atoms with Crippen LogP contribution < -0.4 is 9.46 Å². The third-order valence-electron chi connectivity index (χ3n) is 4.65. The number of piperidine rings is 1. The zero-order valence-corrected chi connectivity index (χ0v) is 16.2. The number of hydrogen-bond donors (Lipinski definition) is 1. The van der Waals surface area contributed by atoms with Gasteiger partial charge in [-0.2, -0.15) is 0 Å². The first-order valence-electron chi connectivity index (χ1n) is 9.02. The number of sulfonamides is 1. The molecular formula is C20H24N2O4S. The maximum atomic E-state index is 12.8. The predicted octanol–water partition coefficient (Wildman–Crippen LogP) is 2.80. The molecule has 0 aromatic heterocycles. The van der Waals surface area contributed by atoms with Gasteiger partial charge in [0.05, 0.1) is 7.11 Å². The first-order valence-corrected chi connectivity index (χ1v) is 10.5. The summed E-state index contributed by atoms with van der Waals surface area (Å²) in [5.74, 6) is 0.0719. The van der Waals surface area contributed by atoms with Crippen LogP contribution in [0.1, 0.15) is 35.2 Å². The molecule has 0 radical (unpaired) electrons. The fourth-order valence-electron chi connectivity index (χ4n) is 3.15. The van der Waals surface area contributed by atoms with Crippen molar-refractivity contribution in [1.29, 1.82) is 0 Å². The fraction of sp³-hybridized carbons (Fsp3) is 0.350. The lowest BCUT2D eigenvalue weighted by molar-refractivity contribution is 0.0724. The molecule has 6 nitrogen and oxygen atoms in total. The second kappa shape index (κ2) is 8.54. The second-order valence-corrected chi connectivity index (χ2v) is 8.26. The summed E-state index contributed by atoms with van der Waals surface area (Å²) in [6, 6.07) is 13.8. The van der Waals surface area contributed by atoms with E-state index in [9.17, 15) is 13.2 Å². The van der Waals surface area contributed by atoms with E-state index in [0.717, 1.165) is 24.8 Å². The molecule has 27 heavy (non-hydrogen) atoms. The minimum atomic E-state index is -3.83. The molecule has 144 valence electrons. The molecule has 0 aliphatic carbocycles. The Kier molecular flexibility index (Phi) is 6.13. The van der Waals surface area contributed by atoms with Gasteiger partial charge in [-0.05, 0) is 43.0 Å². The monoisotopic (exact) mass is 388 g/mol. The number of likely N-dealkylation sites (tertiary alicyclic amines) is 1. The summed E-state index contributed by atoms with van der Waals surface area (Å²) in [5.41, 5.74) is 1.21. The molecule has 1 aliphatic heterocycles. The van der Waals surface area contributed by atoms with E-state index in [-0.39, 0.29) is 23.1 Å². The number of nitrogens with zero attached hydrogens (tertiary/aromatic N) is 1. The van der Waals surface area contributed by atoms with Crippen LogP contribution in [0.4, 0.5) is 0 Å². The molecule has 2 aromatic carbocycles. The largest absolute Gasteiger partial charge is 0.495 e. The van der Waals surface area contributed by atoms with Crippen LogP contribution >= 0.6 is 0 Å². The van der Waals surface area contributed by atoms with Crippen LogP contribution in [-0.2, 0) is 16.6 Å². The maximum absolute atomic E-state index is 12.8. The van der Waals surface area contributed by atoms with Crippen molar-refractivity contribution >= 4 is 15.9 Å². The average Bonchev–Trinajstić information content (AvgIpc) is 2.72. The van der Waals surface area contributed by atoms with Crippen molar-refractivity contribution in [3.63, 3.8) is 0 Å². The van der Waals surface area contributed by atoms with E-state index >= 15 is 0 Å². The molecule has 0 saturated carbocycles. The second-order valence-electron chi connectivity index (χ2n) is 6.53. The summed E-state index contributed by atoms with van der Waals surface area (Å²) in [6.45, 7) is 1.58. The van der Waals surface area contributed by atoms with E-state index in [0.29, 0.717) is 18.7 Å². The molecule has 7 heteroatoms. The van der Waals surface area contributed by atoms with Gasteiger partial charge >= 0.3 is 0 Å². The quantitative estimate of drug-likeness (QED) is 0.826. The average molecular weight is 388 g/mol. The predicted molar refractivity (Wildman–Crippen MR) is 103 cm³/mol. The van der Waals surface area contributed by atoms with Crippen molar-refractivity contribution in [2.24, 2.45) is 0 Å². The zero-order valence-electron chi connectivity index (χ0n) is 15.3. The van der Waals surface area contributed by atoms with Crippen molar-refractivity contribution in [2.75, 3.05) is 20.2 Å². The van der Waals surface area contributed by atoms with E-state index in [2.05, 4.69) is 4.72 Å². The molecule has 1 fully saturated rings. The number of carbonyl (C=O) groups is 1. The number of benzene rings is 2. The Bertz CT molecular complexity index is 891. The minimum Gasteiger partial charge on any atom is -0.495 e.